The van der Waals surface area contributed by atoms with E-state index < -0.39 is 0 Å². The van der Waals surface area contributed by atoms with Crippen LogP contribution in [0.2, 0.25) is 0 Å². The van der Waals surface area contributed by atoms with Crippen LogP contribution in [0.5, 0.6) is 0 Å². The lowest BCUT2D eigenvalue weighted by Gasteiger charge is -2.26. The number of nitrogens with zero attached hydrogens (tertiary/aromatic N) is 4. The Morgan fingerprint density at radius 2 is 1.93 bits per heavy atom. The lowest BCUT2D eigenvalue weighted by molar-refractivity contribution is 0.605. The Bertz CT molecular complexity index is 1200. The molecular weight excluding hydrogens is 355 g/mol. The van der Waals surface area contributed by atoms with Crippen molar-refractivity contribution in [1.29, 1.82) is 0 Å². The Labute approximate surface area is 161 Å². The normalized spacial score (nSPS) is 16.2. The molecule has 1 atom stereocenters. The number of aryl methyl sites for hydroxylation is 1. The Balaban J connectivity index is 1.69. The smallest absolute Gasteiger partial charge is 0.180 e. The third kappa shape index (κ3) is 2.58. The third-order valence-corrected chi connectivity index (χ3v) is 5.40. The van der Waals surface area contributed by atoms with E-state index in [0.717, 1.165) is 25.0 Å². The van der Waals surface area contributed by atoms with Crippen molar-refractivity contribution in [3.63, 3.8) is 0 Å². The van der Waals surface area contributed by atoms with E-state index in [9.17, 15) is 4.39 Å². The standard InChI is InChI=1S/C21H19FN6/c22-13-8-9-17-25-10-16(28(17)11-13)21-26-19(18(23)20(24)27-21)15-7-3-5-12-4-1-2-6-14(12)15/h1-2,4,6,8-11,15H,3,5,7,23H2,(H2,24,26,27). The van der Waals surface area contributed by atoms with Gasteiger partial charge in [-0.2, -0.15) is 0 Å². The largest absolute Gasteiger partial charge is 0.394 e. The number of nitrogen functional groups attached to an aromatic ring is 2. The molecule has 0 radical (unpaired) electrons. The Morgan fingerprint density at radius 3 is 2.82 bits per heavy atom. The van der Waals surface area contributed by atoms with E-state index in [-0.39, 0.29) is 17.6 Å². The van der Waals surface area contributed by atoms with Crippen molar-refractivity contribution in [3.8, 4) is 11.5 Å². The summed E-state index contributed by atoms with van der Waals surface area (Å²) in [6, 6.07) is 11.3. The van der Waals surface area contributed by atoms with Gasteiger partial charge < -0.3 is 11.5 Å². The number of aromatic nitrogens is 4. The highest BCUT2D eigenvalue weighted by Crippen LogP contribution is 2.39. The van der Waals surface area contributed by atoms with Crippen LogP contribution in [-0.2, 0) is 6.42 Å². The molecule has 0 bridgehead atoms. The Kier molecular flexibility index (Phi) is 3.75. The fraction of sp³-hybridized carbons (Fsp3) is 0.190. The number of pyridine rings is 1. The molecule has 1 unspecified atom stereocenters. The van der Waals surface area contributed by atoms with E-state index >= 15 is 0 Å². The first-order valence-electron chi connectivity index (χ1n) is 9.25. The quantitative estimate of drug-likeness (QED) is 0.559. The maximum Gasteiger partial charge on any atom is 0.180 e. The van der Waals surface area contributed by atoms with Gasteiger partial charge >= 0.3 is 0 Å². The highest BCUT2D eigenvalue weighted by atomic mass is 19.1. The van der Waals surface area contributed by atoms with Gasteiger partial charge in [0.05, 0.1) is 17.6 Å². The van der Waals surface area contributed by atoms with Crippen LogP contribution in [0, 0.1) is 5.82 Å². The molecular formula is C21H19FN6. The van der Waals surface area contributed by atoms with Gasteiger partial charge in [0.1, 0.15) is 17.2 Å². The summed E-state index contributed by atoms with van der Waals surface area (Å²) in [5.74, 6) is 0.318. The van der Waals surface area contributed by atoms with Crippen LogP contribution >= 0.6 is 0 Å². The molecule has 0 fully saturated rings. The summed E-state index contributed by atoms with van der Waals surface area (Å²) < 4.78 is 15.4. The number of fused-ring (bicyclic) bond motifs is 2. The minimum Gasteiger partial charge on any atom is -0.394 e. The summed E-state index contributed by atoms with van der Waals surface area (Å²) in [6.45, 7) is 0. The highest BCUT2D eigenvalue weighted by molar-refractivity contribution is 5.68. The van der Waals surface area contributed by atoms with Crippen LogP contribution in [0.4, 0.5) is 15.9 Å². The summed E-state index contributed by atoms with van der Waals surface area (Å²) in [4.78, 5) is 13.5. The van der Waals surface area contributed by atoms with Crippen LogP contribution in [-0.4, -0.2) is 19.4 Å². The first-order valence-corrected chi connectivity index (χ1v) is 9.25. The number of halogens is 1. The van der Waals surface area contributed by atoms with Crippen molar-refractivity contribution in [3.05, 3.63) is 71.4 Å². The number of nitrogens with two attached hydrogens (primary N) is 2. The zero-order valence-electron chi connectivity index (χ0n) is 15.1. The fourth-order valence-corrected chi connectivity index (χ4v) is 4.04. The highest BCUT2D eigenvalue weighted by Gasteiger charge is 2.27. The first kappa shape index (κ1) is 16.7. The van der Waals surface area contributed by atoms with Crippen LogP contribution in [0.3, 0.4) is 0 Å². The SMILES string of the molecule is Nc1nc(-c2cnc3ccc(F)cn23)nc(C2CCCc3ccccc32)c1N. The number of rotatable bonds is 2. The van der Waals surface area contributed by atoms with Gasteiger partial charge in [0.15, 0.2) is 11.6 Å². The molecule has 1 aliphatic rings. The molecule has 0 saturated heterocycles. The fourth-order valence-electron chi connectivity index (χ4n) is 4.04. The maximum atomic E-state index is 13.8. The molecule has 140 valence electrons. The van der Waals surface area contributed by atoms with Crippen molar-refractivity contribution in [1.82, 2.24) is 19.4 Å². The second kappa shape index (κ2) is 6.30. The molecule has 6 nitrogen and oxygen atoms in total. The molecule has 3 aromatic heterocycles. The second-order valence-corrected chi connectivity index (χ2v) is 7.09. The van der Waals surface area contributed by atoms with Gasteiger partial charge in [-0.1, -0.05) is 24.3 Å². The molecule has 7 heteroatoms. The monoisotopic (exact) mass is 374 g/mol. The minimum absolute atomic E-state index is 0.0601. The van der Waals surface area contributed by atoms with Gasteiger partial charge in [-0.15, -0.1) is 0 Å². The van der Waals surface area contributed by atoms with Crippen LogP contribution in [0.1, 0.15) is 35.6 Å². The van der Waals surface area contributed by atoms with E-state index in [2.05, 4.69) is 28.2 Å². The topological polar surface area (TPSA) is 95.1 Å². The van der Waals surface area contributed by atoms with Crippen LogP contribution in [0.15, 0.2) is 48.8 Å². The molecule has 5 rings (SSSR count). The van der Waals surface area contributed by atoms with E-state index in [1.165, 1.54) is 23.4 Å². The average molecular weight is 374 g/mol. The zero-order valence-corrected chi connectivity index (χ0v) is 15.1. The number of anilines is 2. The Hall–Kier alpha value is -3.48. The maximum absolute atomic E-state index is 13.8. The van der Waals surface area contributed by atoms with Gasteiger partial charge in [-0.05, 0) is 42.5 Å². The second-order valence-electron chi connectivity index (χ2n) is 7.09. The van der Waals surface area contributed by atoms with Crippen LogP contribution < -0.4 is 11.5 Å². The summed E-state index contributed by atoms with van der Waals surface area (Å²) >= 11 is 0. The molecule has 0 saturated carbocycles. The predicted molar refractivity (Wildman–Crippen MR) is 106 cm³/mol. The van der Waals surface area contributed by atoms with Crippen molar-refractivity contribution in [2.45, 2.75) is 25.2 Å². The van der Waals surface area contributed by atoms with Crippen molar-refractivity contribution < 1.29 is 4.39 Å². The molecule has 0 spiro atoms. The summed E-state index contributed by atoms with van der Waals surface area (Å²) in [5, 5.41) is 0. The van der Waals surface area contributed by atoms with Crippen molar-refractivity contribution in [2.24, 2.45) is 0 Å². The molecule has 0 aliphatic heterocycles. The van der Waals surface area contributed by atoms with Gasteiger partial charge in [0.25, 0.3) is 0 Å². The lowest BCUT2D eigenvalue weighted by Crippen LogP contribution is -2.16. The van der Waals surface area contributed by atoms with Gasteiger partial charge in [0.2, 0.25) is 0 Å². The van der Waals surface area contributed by atoms with Crippen molar-refractivity contribution >= 4 is 17.2 Å². The van der Waals surface area contributed by atoms with E-state index in [0.29, 0.717) is 22.9 Å². The molecule has 28 heavy (non-hydrogen) atoms. The third-order valence-electron chi connectivity index (χ3n) is 5.40. The number of benzene rings is 1. The van der Waals surface area contributed by atoms with E-state index in [1.807, 2.05) is 6.07 Å². The van der Waals surface area contributed by atoms with Gasteiger partial charge in [-0.3, -0.25) is 4.40 Å². The molecule has 4 aromatic rings. The van der Waals surface area contributed by atoms with E-state index in [4.69, 9.17) is 16.5 Å². The molecule has 0 amide bonds. The number of imidazole rings is 1. The van der Waals surface area contributed by atoms with Crippen molar-refractivity contribution in [2.75, 3.05) is 11.5 Å². The molecule has 4 N–H and O–H groups in total. The summed E-state index contributed by atoms with van der Waals surface area (Å²) in [6.07, 6.45) is 6.04. The first-order chi connectivity index (χ1) is 13.6. The van der Waals surface area contributed by atoms with Crippen LogP contribution in [0.25, 0.3) is 17.2 Å². The number of hydrogen-bond acceptors (Lipinski definition) is 5. The average Bonchev–Trinajstić information content (AvgIpc) is 3.12. The Morgan fingerprint density at radius 1 is 1.07 bits per heavy atom. The zero-order chi connectivity index (χ0) is 19.3. The summed E-state index contributed by atoms with van der Waals surface area (Å²) in [7, 11) is 0. The molecule has 1 aliphatic carbocycles. The minimum atomic E-state index is -0.364. The number of hydrogen-bond donors (Lipinski definition) is 2. The van der Waals surface area contributed by atoms with Gasteiger partial charge in [-0.25, -0.2) is 19.3 Å². The van der Waals surface area contributed by atoms with Gasteiger partial charge in [0, 0.05) is 12.1 Å². The summed E-state index contributed by atoms with van der Waals surface area (Å²) in [5.41, 5.74) is 17.3. The molecule has 3 heterocycles. The van der Waals surface area contributed by atoms with E-state index in [1.54, 1.807) is 16.7 Å². The molecule has 1 aromatic carbocycles. The predicted octanol–water partition coefficient (Wildman–Crippen LogP) is 3.56. The lowest BCUT2D eigenvalue weighted by atomic mass is 9.80.